The lowest BCUT2D eigenvalue weighted by Gasteiger charge is -2.26. The van der Waals surface area contributed by atoms with E-state index in [1.807, 2.05) is 13.8 Å². The van der Waals surface area contributed by atoms with E-state index < -0.39 is 21.4 Å². The van der Waals surface area contributed by atoms with Crippen molar-refractivity contribution in [2.45, 2.75) is 50.6 Å². The molecule has 1 aliphatic rings. The Morgan fingerprint density at radius 2 is 1.95 bits per heavy atom. The molecular weight excluding hydrogens is 291 g/mol. The zero-order chi connectivity index (χ0) is 15.8. The third-order valence-corrected chi connectivity index (χ3v) is 5.82. The second-order valence-electron chi connectivity index (χ2n) is 6.33. The van der Waals surface area contributed by atoms with E-state index in [1.54, 1.807) is 13.1 Å². The Balaban J connectivity index is 2.39. The summed E-state index contributed by atoms with van der Waals surface area (Å²) in [7, 11) is -2.00. The van der Waals surface area contributed by atoms with Crippen molar-refractivity contribution in [3.05, 3.63) is 29.1 Å². The van der Waals surface area contributed by atoms with E-state index in [1.165, 1.54) is 13.0 Å². The number of nitrogens with one attached hydrogen (secondary N) is 2. The van der Waals surface area contributed by atoms with Crippen LogP contribution in [0, 0.1) is 18.7 Å². The Morgan fingerprint density at radius 1 is 1.33 bits per heavy atom. The van der Waals surface area contributed by atoms with E-state index in [4.69, 9.17) is 0 Å². The van der Waals surface area contributed by atoms with Crippen molar-refractivity contribution in [3.8, 4) is 0 Å². The maximum absolute atomic E-state index is 14.0. The molecule has 2 rings (SSSR count). The summed E-state index contributed by atoms with van der Waals surface area (Å²) in [4.78, 5) is 0.0291. The van der Waals surface area contributed by atoms with Crippen LogP contribution in [0.25, 0.3) is 0 Å². The van der Waals surface area contributed by atoms with Gasteiger partial charge in [0.2, 0.25) is 10.0 Å². The number of hydrogen-bond acceptors (Lipinski definition) is 3. The summed E-state index contributed by atoms with van der Waals surface area (Å²) in [6.07, 6.45) is 2.06. The third-order valence-electron chi connectivity index (χ3n) is 4.02. The maximum atomic E-state index is 14.0. The Kier molecular flexibility index (Phi) is 4.42. The summed E-state index contributed by atoms with van der Waals surface area (Å²) in [5, 5.41) is 2.90. The molecule has 1 fully saturated rings. The van der Waals surface area contributed by atoms with Crippen LogP contribution < -0.4 is 10.0 Å². The van der Waals surface area contributed by atoms with Gasteiger partial charge in [-0.25, -0.2) is 17.5 Å². The van der Waals surface area contributed by atoms with Gasteiger partial charge in [0.15, 0.2) is 0 Å². The first-order valence-electron chi connectivity index (χ1n) is 7.15. The summed E-state index contributed by atoms with van der Waals surface area (Å²) < 4.78 is 41.9. The van der Waals surface area contributed by atoms with E-state index in [0.717, 1.165) is 12.8 Å². The van der Waals surface area contributed by atoms with Crippen molar-refractivity contribution in [1.82, 2.24) is 10.0 Å². The topological polar surface area (TPSA) is 58.2 Å². The van der Waals surface area contributed by atoms with Crippen LogP contribution in [0.3, 0.4) is 0 Å². The van der Waals surface area contributed by atoms with Crippen molar-refractivity contribution < 1.29 is 12.8 Å². The van der Waals surface area contributed by atoms with Crippen molar-refractivity contribution in [3.63, 3.8) is 0 Å². The zero-order valence-electron chi connectivity index (χ0n) is 13.0. The fraction of sp³-hybridized carbons (Fsp3) is 0.600. The van der Waals surface area contributed by atoms with Crippen LogP contribution in [0.4, 0.5) is 4.39 Å². The second-order valence-corrected chi connectivity index (χ2v) is 7.98. The van der Waals surface area contributed by atoms with Crippen molar-refractivity contribution in [2.24, 2.45) is 5.92 Å². The highest BCUT2D eigenvalue weighted by atomic mass is 32.2. The summed E-state index contributed by atoms with van der Waals surface area (Å²) >= 11 is 0. The van der Waals surface area contributed by atoms with E-state index in [-0.39, 0.29) is 10.5 Å². The predicted molar refractivity (Wildman–Crippen MR) is 81.0 cm³/mol. The molecule has 1 aromatic carbocycles. The summed E-state index contributed by atoms with van der Waals surface area (Å²) in [6, 6.07) is 2.91. The molecule has 1 aliphatic carbocycles. The van der Waals surface area contributed by atoms with Gasteiger partial charge in [0, 0.05) is 17.6 Å². The fourth-order valence-electron chi connectivity index (χ4n) is 2.58. The first kappa shape index (κ1) is 16.4. The first-order chi connectivity index (χ1) is 9.67. The lowest BCUT2D eigenvalue weighted by Crippen LogP contribution is -2.45. The molecule has 118 valence electrons. The van der Waals surface area contributed by atoms with Crippen LogP contribution in [0.5, 0.6) is 0 Å². The molecule has 0 heterocycles. The Morgan fingerprint density at radius 3 is 2.48 bits per heavy atom. The normalized spacial score (nSPS) is 16.2. The minimum atomic E-state index is -3.73. The third kappa shape index (κ3) is 3.62. The van der Waals surface area contributed by atoms with Gasteiger partial charge in [0.1, 0.15) is 5.82 Å². The molecule has 0 spiro atoms. The highest BCUT2D eigenvalue weighted by Crippen LogP contribution is 2.40. The number of sulfonamides is 1. The molecule has 1 aromatic rings. The molecule has 0 bridgehead atoms. The van der Waals surface area contributed by atoms with E-state index >= 15 is 0 Å². The van der Waals surface area contributed by atoms with Crippen molar-refractivity contribution in [1.29, 1.82) is 0 Å². The smallest absolute Gasteiger partial charge is 0.241 e. The molecule has 21 heavy (non-hydrogen) atoms. The van der Waals surface area contributed by atoms with Crippen molar-refractivity contribution >= 4 is 10.0 Å². The molecule has 0 aliphatic heterocycles. The predicted octanol–water partition coefficient (Wildman–Crippen LogP) is 2.32. The Bertz CT molecular complexity index is 637. The van der Waals surface area contributed by atoms with Crippen molar-refractivity contribution in [2.75, 3.05) is 7.05 Å². The molecule has 0 amide bonds. The highest BCUT2D eigenvalue weighted by Gasteiger charge is 2.41. The molecule has 2 N–H and O–H groups in total. The van der Waals surface area contributed by atoms with Gasteiger partial charge < -0.3 is 5.32 Å². The van der Waals surface area contributed by atoms with Crippen LogP contribution >= 0.6 is 0 Å². The average Bonchev–Trinajstić information content (AvgIpc) is 3.16. The van der Waals surface area contributed by atoms with E-state index in [2.05, 4.69) is 10.0 Å². The average molecular weight is 314 g/mol. The molecule has 0 atom stereocenters. The monoisotopic (exact) mass is 314 g/mol. The minimum Gasteiger partial charge on any atom is -0.316 e. The molecular formula is C15H23FN2O2S. The van der Waals surface area contributed by atoms with Crippen LogP contribution in [0.2, 0.25) is 0 Å². The van der Waals surface area contributed by atoms with Crippen LogP contribution in [-0.2, 0) is 16.6 Å². The van der Waals surface area contributed by atoms with Gasteiger partial charge in [-0.15, -0.1) is 0 Å². The molecule has 0 radical (unpaired) electrons. The molecule has 0 saturated heterocycles. The van der Waals surface area contributed by atoms with Gasteiger partial charge in [-0.3, -0.25) is 0 Å². The van der Waals surface area contributed by atoms with Crippen LogP contribution in [0.1, 0.15) is 37.8 Å². The Labute approximate surface area is 126 Å². The quantitative estimate of drug-likeness (QED) is 0.847. The van der Waals surface area contributed by atoms with E-state index in [9.17, 15) is 12.8 Å². The summed E-state index contributed by atoms with van der Waals surface area (Å²) in [5.41, 5.74) is 0.278. The molecule has 1 saturated carbocycles. The van der Waals surface area contributed by atoms with Crippen LogP contribution in [0.15, 0.2) is 17.0 Å². The van der Waals surface area contributed by atoms with Gasteiger partial charge in [0.05, 0.1) is 4.90 Å². The lowest BCUT2D eigenvalue weighted by molar-refractivity contribution is 0.400. The number of rotatable bonds is 6. The van der Waals surface area contributed by atoms with Gasteiger partial charge in [0.25, 0.3) is 0 Å². The minimum absolute atomic E-state index is 0.0291. The van der Waals surface area contributed by atoms with Gasteiger partial charge in [-0.2, -0.15) is 0 Å². The zero-order valence-corrected chi connectivity index (χ0v) is 13.8. The number of benzene rings is 1. The number of halogens is 1. The SMILES string of the molecule is CNCc1cc(F)c(C)c(S(=O)(=O)NC(C)(C)C2CC2)c1. The fourth-order valence-corrected chi connectivity index (χ4v) is 4.36. The van der Waals surface area contributed by atoms with Crippen LogP contribution in [-0.4, -0.2) is 21.0 Å². The first-order valence-corrected chi connectivity index (χ1v) is 8.63. The molecule has 4 nitrogen and oxygen atoms in total. The second kappa shape index (κ2) is 5.66. The standard InChI is InChI=1S/C15H23FN2O2S/c1-10-13(16)7-11(9-17-4)8-14(10)21(19,20)18-15(2,3)12-5-6-12/h7-8,12,17-18H,5-6,9H2,1-4H3. The van der Waals surface area contributed by atoms with Gasteiger partial charge >= 0.3 is 0 Å². The highest BCUT2D eigenvalue weighted by molar-refractivity contribution is 7.89. The lowest BCUT2D eigenvalue weighted by atomic mass is 10.0. The maximum Gasteiger partial charge on any atom is 0.241 e. The largest absolute Gasteiger partial charge is 0.316 e. The van der Waals surface area contributed by atoms with E-state index in [0.29, 0.717) is 18.0 Å². The molecule has 0 aromatic heterocycles. The van der Waals surface area contributed by atoms with Gasteiger partial charge in [-0.05, 0) is 64.3 Å². The summed E-state index contributed by atoms with van der Waals surface area (Å²) in [5.74, 6) is -0.134. The number of hydrogen-bond donors (Lipinski definition) is 2. The Hall–Kier alpha value is -0.980. The molecule has 0 unspecified atom stereocenters. The van der Waals surface area contributed by atoms with Gasteiger partial charge in [-0.1, -0.05) is 0 Å². The molecule has 6 heteroatoms. The summed E-state index contributed by atoms with van der Waals surface area (Å²) in [6.45, 7) is 5.68.